The summed E-state index contributed by atoms with van der Waals surface area (Å²) < 4.78 is 0. The second kappa shape index (κ2) is 5.40. The van der Waals surface area contributed by atoms with Gasteiger partial charge in [-0.1, -0.05) is 13.8 Å². The first-order valence-electron chi connectivity index (χ1n) is 7.43. The third kappa shape index (κ3) is 2.26. The summed E-state index contributed by atoms with van der Waals surface area (Å²) >= 11 is 0. The summed E-state index contributed by atoms with van der Waals surface area (Å²) in [7, 11) is 0. The van der Waals surface area contributed by atoms with Crippen LogP contribution in [0.3, 0.4) is 0 Å². The summed E-state index contributed by atoms with van der Waals surface area (Å²) in [6.07, 6.45) is 5.55. The van der Waals surface area contributed by atoms with Gasteiger partial charge < -0.3 is 15.0 Å². The van der Waals surface area contributed by atoms with Gasteiger partial charge in [-0.15, -0.1) is 0 Å². The zero-order valence-electron chi connectivity index (χ0n) is 12.1. The molecule has 2 heterocycles. The Kier molecular flexibility index (Phi) is 3.61. The third-order valence-corrected chi connectivity index (χ3v) is 4.06. The fourth-order valence-corrected chi connectivity index (χ4v) is 2.69. The Balaban J connectivity index is 2.08. The van der Waals surface area contributed by atoms with Crippen molar-refractivity contribution in [2.24, 2.45) is 0 Å². The van der Waals surface area contributed by atoms with E-state index in [4.69, 9.17) is 4.98 Å². The van der Waals surface area contributed by atoms with E-state index in [1.165, 1.54) is 19.3 Å². The molecule has 0 spiro atoms. The van der Waals surface area contributed by atoms with Gasteiger partial charge >= 0.3 is 0 Å². The SMILES string of the molecule is CC(C)c1nc(N(CCO)C2CCC2)c2cc[nH]c2n1. The van der Waals surface area contributed by atoms with Crippen molar-refractivity contribution in [1.29, 1.82) is 0 Å². The highest BCUT2D eigenvalue weighted by molar-refractivity contribution is 5.87. The van der Waals surface area contributed by atoms with Gasteiger partial charge in [-0.2, -0.15) is 0 Å². The second-order valence-corrected chi connectivity index (χ2v) is 5.80. The van der Waals surface area contributed by atoms with Gasteiger partial charge in [0.2, 0.25) is 0 Å². The van der Waals surface area contributed by atoms with Crippen molar-refractivity contribution in [1.82, 2.24) is 15.0 Å². The van der Waals surface area contributed by atoms with Crippen molar-refractivity contribution in [2.45, 2.75) is 45.1 Å². The van der Waals surface area contributed by atoms with Crippen molar-refractivity contribution in [2.75, 3.05) is 18.1 Å². The van der Waals surface area contributed by atoms with Crippen LogP contribution in [0, 0.1) is 0 Å². The predicted molar refractivity (Wildman–Crippen MR) is 80.0 cm³/mol. The minimum Gasteiger partial charge on any atom is -0.395 e. The average molecular weight is 274 g/mol. The van der Waals surface area contributed by atoms with Crippen LogP contribution in [-0.2, 0) is 0 Å². The third-order valence-electron chi connectivity index (χ3n) is 4.06. The molecule has 0 amide bonds. The van der Waals surface area contributed by atoms with E-state index in [9.17, 15) is 5.11 Å². The molecule has 3 rings (SSSR count). The van der Waals surface area contributed by atoms with Gasteiger partial charge in [-0.05, 0) is 25.3 Å². The van der Waals surface area contributed by atoms with Crippen LogP contribution >= 0.6 is 0 Å². The van der Waals surface area contributed by atoms with Crippen LogP contribution in [0.15, 0.2) is 12.3 Å². The molecule has 108 valence electrons. The maximum atomic E-state index is 9.37. The highest BCUT2D eigenvalue weighted by atomic mass is 16.3. The molecule has 2 aromatic rings. The van der Waals surface area contributed by atoms with E-state index >= 15 is 0 Å². The molecule has 0 radical (unpaired) electrons. The molecule has 0 saturated heterocycles. The van der Waals surface area contributed by atoms with Gasteiger partial charge in [0.1, 0.15) is 17.3 Å². The van der Waals surface area contributed by atoms with E-state index in [0.29, 0.717) is 18.5 Å². The van der Waals surface area contributed by atoms with E-state index in [2.05, 4.69) is 28.7 Å². The normalized spacial score (nSPS) is 15.8. The van der Waals surface area contributed by atoms with Gasteiger partial charge in [0, 0.05) is 24.7 Å². The fourth-order valence-electron chi connectivity index (χ4n) is 2.69. The standard InChI is InChI=1S/C15H22N4O/c1-10(2)13-17-14-12(6-7-16-14)15(18-13)19(8-9-20)11-4-3-5-11/h6-7,10-11,20H,3-5,8-9H2,1-2H3,(H,16,17,18). The number of hydrogen-bond acceptors (Lipinski definition) is 4. The summed E-state index contributed by atoms with van der Waals surface area (Å²) in [4.78, 5) is 14.8. The average Bonchev–Trinajstić information content (AvgIpc) is 2.83. The van der Waals surface area contributed by atoms with Gasteiger partial charge in [-0.25, -0.2) is 9.97 Å². The number of aliphatic hydroxyl groups is 1. The lowest BCUT2D eigenvalue weighted by Gasteiger charge is -2.38. The van der Waals surface area contributed by atoms with Gasteiger partial charge in [0.15, 0.2) is 0 Å². The van der Waals surface area contributed by atoms with Crippen molar-refractivity contribution >= 4 is 16.9 Å². The van der Waals surface area contributed by atoms with E-state index in [0.717, 1.165) is 22.7 Å². The summed E-state index contributed by atoms with van der Waals surface area (Å²) in [5, 5.41) is 10.4. The number of fused-ring (bicyclic) bond motifs is 1. The van der Waals surface area contributed by atoms with Gasteiger partial charge in [0.05, 0.1) is 12.0 Å². The molecule has 0 aliphatic heterocycles. The first-order chi connectivity index (χ1) is 9.70. The Morgan fingerprint density at radius 3 is 2.80 bits per heavy atom. The summed E-state index contributed by atoms with van der Waals surface area (Å²) in [5.74, 6) is 2.12. The second-order valence-electron chi connectivity index (χ2n) is 5.80. The first kappa shape index (κ1) is 13.4. The van der Waals surface area contributed by atoms with E-state index < -0.39 is 0 Å². The Labute approximate surface area is 119 Å². The summed E-state index contributed by atoms with van der Waals surface area (Å²) in [6.45, 7) is 5.00. The number of anilines is 1. The molecule has 1 fully saturated rings. The predicted octanol–water partition coefficient (Wildman–Crippen LogP) is 2.43. The fraction of sp³-hybridized carbons (Fsp3) is 0.600. The molecule has 1 saturated carbocycles. The van der Waals surface area contributed by atoms with Gasteiger partial charge in [-0.3, -0.25) is 0 Å². The number of nitrogens with one attached hydrogen (secondary N) is 1. The quantitative estimate of drug-likeness (QED) is 0.879. The molecule has 1 aliphatic rings. The van der Waals surface area contributed by atoms with Crippen LogP contribution in [0.1, 0.15) is 44.9 Å². The number of hydrogen-bond donors (Lipinski definition) is 2. The zero-order valence-corrected chi connectivity index (χ0v) is 12.1. The lowest BCUT2D eigenvalue weighted by atomic mass is 9.91. The van der Waals surface area contributed by atoms with Crippen LogP contribution in [0.2, 0.25) is 0 Å². The zero-order chi connectivity index (χ0) is 14.1. The molecular weight excluding hydrogens is 252 g/mol. The largest absolute Gasteiger partial charge is 0.395 e. The molecule has 0 unspecified atom stereocenters. The van der Waals surface area contributed by atoms with Gasteiger partial charge in [0.25, 0.3) is 0 Å². The molecule has 5 heteroatoms. The monoisotopic (exact) mass is 274 g/mol. The van der Waals surface area contributed by atoms with E-state index in [1.807, 2.05) is 12.3 Å². The Bertz CT molecular complexity index is 589. The Morgan fingerprint density at radius 1 is 1.40 bits per heavy atom. The summed E-state index contributed by atoms with van der Waals surface area (Å²) in [5.41, 5.74) is 0.890. The first-order valence-corrected chi connectivity index (χ1v) is 7.43. The van der Waals surface area contributed by atoms with Crippen LogP contribution in [-0.4, -0.2) is 39.3 Å². The molecule has 0 aromatic carbocycles. The van der Waals surface area contributed by atoms with Crippen LogP contribution < -0.4 is 4.90 Å². The van der Waals surface area contributed by atoms with Crippen molar-refractivity contribution in [3.8, 4) is 0 Å². The molecule has 0 atom stereocenters. The molecule has 2 N–H and O–H groups in total. The number of nitrogens with zero attached hydrogens (tertiary/aromatic N) is 3. The molecular formula is C15H22N4O. The molecule has 1 aliphatic carbocycles. The topological polar surface area (TPSA) is 65.0 Å². The minimum absolute atomic E-state index is 0.156. The van der Waals surface area contributed by atoms with Crippen molar-refractivity contribution < 1.29 is 5.11 Å². The summed E-state index contributed by atoms with van der Waals surface area (Å²) in [6, 6.07) is 2.54. The maximum absolute atomic E-state index is 9.37. The Morgan fingerprint density at radius 2 is 2.20 bits per heavy atom. The lowest BCUT2D eigenvalue weighted by Crippen LogP contribution is -2.42. The number of aliphatic hydroxyl groups excluding tert-OH is 1. The molecule has 2 aromatic heterocycles. The molecule has 0 bridgehead atoms. The van der Waals surface area contributed by atoms with E-state index in [-0.39, 0.29) is 6.61 Å². The number of aromatic amines is 1. The van der Waals surface area contributed by atoms with Crippen LogP contribution in [0.25, 0.3) is 11.0 Å². The van der Waals surface area contributed by atoms with Crippen LogP contribution in [0.5, 0.6) is 0 Å². The number of rotatable bonds is 5. The highest BCUT2D eigenvalue weighted by Gasteiger charge is 2.27. The smallest absolute Gasteiger partial charge is 0.143 e. The maximum Gasteiger partial charge on any atom is 0.143 e. The van der Waals surface area contributed by atoms with Crippen molar-refractivity contribution in [3.63, 3.8) is 0 Å². The van der Waals surface area contributed by atoms with E-state index in [1.54, 1.807) is 0 Å². The van der Waals surface area contributed by atoms with Crippen LogP contribution in [0.4, 0.5) is 5.82 Å². The molecule has 5 nitrogen and oxygen atoms in total. The number of H-pyrrole nitrogens is 1. The highest BCUT2D eigenvalue weighted by Crippen LogP contribution is 2.32. The van der Waals surface area contributed by atoms with Crippen molar-refractivity contribution in [3.05, 3.63) is 18.1 Å². The minimum atomic E-state index is 0.156. The number of aromatic nitrogens is 3. The Hall–Kier alpha value is -1.62. The lowest BCUT2D eigenvalue weighted by molar-refractivity contribution is 0.283. The molecule has 20 heavy (non-hydrogen) atoms.